The lowest BCUT2D eigenvalue weighted by Gasteiger charge is -2.06. The highest BCUT2D eigenvalue weighted by molar-refractivity contribution is 5.67. The topological polar surface area (TPSA) is 58.6 Å². The van der Waals surface area contributed by atoms with E-state index in [9.17, 15) is 4.79 Å². The Morgan fingerprint density at radius 1 is 1.21 bits per heavy atom. The zero-order chi connectivity index (χ0) is 17.2. The minimum absolute atomic E-state index is 0.0604. The van der Waals surface area contributed by atoms with Gasteiger partial charge in [-0.3, -0.25) is 0 Å². The molecule has 0 radical (unpaired) electrons. The number of carbonyl (C=O) groups excluding carboxylic acids is 1. The van der Waals surface area contributed by atoms with Crippen LogP contribution < -0.4 is 5.32 Å². The van der Waals surface area contributed by atoms with Crippen LogP contribution in [0, 0.1) is 6.92 Å². The number of carbonyl (C=O) groups is 1. The number of ether oxygens (including phenoxy) is 1. The number of hydrogen-bond acceptors (Lipinski definition) is 3. The minimum Gasteiger partial charge on any atom is -0.445 e. The predicted octanol–water partition coefficient (Wildman–Crippen LogP) is 3.82. The van der Waals surface area contributed by atoms with E-state index in [1.807, 2.05) is 67.6 Å². The molecule has 4 nitrogen and oxygen atoms in total. The van der Waals surface area contributed by atoms with Gasteiger partial charge in [0.05, 0.1) is 6.61 Å². The molecule has 2 rings (SSSR count). The van der Waals surface area contributed by atoms with E-state index in [0.29, 0.717) is 6.54 Å². The standard InChI is InChI=1S/C20H23NO3/c1-16-13-17(10-11-19(16)14-22)7-5-6-12-21-20(23)24-15-18-8-3-2-4-9-18/h2-5,7-11,13,22H,6,12,14-15H2,1H3,(H,21,23). The summed E-state index contributed by atoms with van der Waals surface area (Å²) in [5.74, 6) is 0. The molecule has 0 aromatic heterocycles. The Labute approximate surface area is 142 Å². The van der Waals surface area contributed by atoms with Gasteiger partial charge in [-0.05, 0) is 35.6 Å². The van der Waals surface area contributed by atoms with Crippen LogP contribution in [0.3, 0.4) is 0 Å². The molecule has 126 valence electrons. The number of amides is 1. The number of nitrogens with one attached hydrogen (secondary N) is 1. The Kier molecular flexibility index (Phi) is 7.05. The molecule has 0 aliphatic rings. The van der Waals surface area contributed by atoms with Crippen LogP contribution in [0.25, 0.3) is 6.08 Å². The fraction of sp³-hybridized carbons (Fsp3) is 0.250. The predicted molar refractivity (Wildman–Crippen MR) is 95.4 cm³/mol. The normalized spacial score (nSPS) is 10.8. The van der Waals surface area contributed by atoms with Crippen LogP contribution >= 0.6 is 0 Å². The molecule has 0 atom stereocenters. The van der Waals surface area contributed by atoms with Crippen LogP contribution in [-0.4, -0.2) is 17.7 Å². The molecule has 24 heavy (non-hydrogen) atoms. The summed E-state index contributed by atoms with van der Waals surface area (Å²) in [6, 6.07) is 15.5. The highest BCUT2D eigenvalue weighted by Gasteiger charge is 2.01. The fourth-order valence-corrected chi connectivity index (χ4v) is 2.25. The number of aryl methyl sites for hydroxylation is 1. The quantitative estimate of drug-likeness (QED) is 0.761. The van der Waals surface area contributed by atoms with E-state index in [2.05, 4.69) is 5.32 Å². The molecule has 0 unspecified atom stereocenters. The molecular weight excluding hydrogens is 302 g/mol. The largest absolute Gasteiger partial charge is 0.445 e. The molecular formula is C20H23NO3. The molecule has 0 saturated heterocycles. The Balaban J connectivity index is 1.66. The van der Waals surface area contributed by atoms with Crippen molar-refractivity contribution in [1.82, 2.24) is 5.32 Å². The number of benzene rings is 2. The van der Waals surface area contributed by atoms with Crippen molar-refractivity contribution in [3.8, 4) is 0 Å². The van der Waals surface area contributed by atoms with Crippen molar-refractivity contribution in [3.63, 3.8) is 0 Å². The van der Waals surface area contributed by atoms with Gasteiger partial charge in [-0.15, -0.1) is 0 Å². The Morgan fingerprint density at radius 3 is 2.71 bits per heavy atom. The Hall–Kier alpha value is -2.59. The zero-order valence-electron chi connectivity index (χ0n) is 13.9. The third kappa shape index (κ3) is 5.89. The lowest BCUT2D eigenvalue weighted by molar-refractivity contribution is 0.140. The van der Waals surface area contributed by atoms with Crippen LogP contribution in [0.2, 0.25) is 0 Å². The molecule has 0 heterocycles. The molecule has 0 spiro atoms. The van der Waals surface area contributed by atoms with E-state index in [4.69, 9.17) is 9.84 Å². The first-order valence-corrected chi connectivity index (χ1v) is 8.00. The third-order valence-electron chi connectivity index (χ3n) is 3.64. The Bertz CT molecular complexity index is 681. The van der Waals surface area contributed by atoms with Crippen LogP contribution in [0.15, 0.2) is 54.6 Å². The second kappa shape index (κ2) is 9.53. The van der Waals surface area contributed by atoms with Gasteiger partial charge in [0.2, 0.25) is 0 Å². The highest BCUT2D eigenvalue weighted by atomic mass is 16.5. The van der Waals surface area contributed by atoms with Crippen molar-refractivity contribution >= 4 is 12.2 Å². The fourth-order valence-electron chi connectivity index (χ4n) is 2.25. The number of aliphatic hydroxyl groups is 1. The first-order chi connectivity index (χ1) is 11.7. The summed E-state index contributed by atoms with van der Waals surface area (Å²) in [6.45, 7) is 2.84. The average Bonchev–Trinajstić information content (AvgIpc) is 2.61. The molecule has 0 saturated carbocycles. The van der Waals surface area contributed by atoms with E-state index in [1.165, 1.54) is 0 Å². The van der Waals surface area contributed by atoms with E-state index < -0.39 is 6.09 Å². The van der Waals surface area contributed by atoms with Gasteiger partial charge in [0.25, 0.3) is 0 Å². The monoisotopic (exact) mass is 325 g/mol. The second-order valence-electron chi connectivity index (χ2n) is 5.52. The van der Waals surface area contributed by atoms with Gasteiger partial charge >= 0.3 is 6.09 Å². The van der Waals surface area contributed by atoms with Crippen LogP contribution in [0.4, 0.5) is 4.79 Å². The number of hydrogen-bond donors (Lipinski definition) is 2. The SMILES string of the molecule is Cc1cc(C=CCCNC(=O)OCc2ccccc2)ccc1CO. The van der Waals surface area contributed by atoms with Crippen molar-refractivity contribution in [2.45, 2.75) is 26.6 Å². The number of aliphatic hydroxyl groups excluding tert-OH is 1. The third-order valence-corrected chi connectivity index (χ3v) is 3.64. The average molecular weight is 325 g/mol. The van der Waals surface area contributed by atoms with E-state index in [0.717, 1.165) is 28.7 Å². The molecule has 0 aliphatic heterocycles. The molecule has 2 N–H and O–H groups in total. The maximum absolute atomic E-state index is 11.6. The maximum Gasteiger partial charge on any atom is 0.407 e. The minimum atomic E-state index is -0.407. The first-order valence-electron chi connectivity index (χ1n) is 8.00. The summed E-state index contributed by atoms with van der Waals surface area (Å²) < 4.78 is 5.14. The first kappa shape index (κ1) is 17.8. The van der Waals surface area contributed by atoms with Gasteiger partial charge in [0, 0.05) is 6.54 Å². The van der Waals surface area contributed by atoms with Crippen molar-refractivity contribution < 1.29 is 14.6 Å². The summed E-state index contributed by atoms with van der Waals surface area (Å²) >= 11 is 0. The van der Waals surface area contributed by atoms with Crippen LogP contribution in [0.5, 0.6) is 0 Å². The summed E-state index contributed by atoms with van der Waals surface area (Å²) in [7, 11) is 0. The van der Waals surface area contributed by atoms with Crippen molar-refractivity contribution in [3.05, 3.63) is 76.9 Å². The van der Waals surface area contributed by atoms with Crippen LogP contribution in [0.1, 0.15) is 28.7 Å². The molecule has 2 aromatic carbocycles. The van der Waals surface area contributed by atoms with Gasteiger partial charge in [-0.25, -0.2) is 4.79 Å². The summed E-state index contributed by atoms with van der Waals surface area (Å²) in [6.07, 6.45) is 4.33. The number of rotatable bonds is 7. The highest BCUT2D eigenvalue weighted by Crippen LogP contribution is 2.12. The van der Waals surface area contributed by atoms with Crippen molar-refractivity contribution in [1.29, 1.82) is 0 Å². The van der Waals surface area contributed by atoms with Crippen molar-refractivity contribution in [2.24, 2.45) is 0 Å². The smallest absolute Gasteiger partial charge is 0.407 e. The van der Waals surface area contributed by atoms with Crippen LogP contribution in [-0.2, 0) is 18.0 Å². The molecule has 0 fully saturated rings. The molecule has 1 amide bonds. The summed E-state index contributed by atoms with van der Waals surface area (Å²) in [5.41, 5.74) is 4.06. The van der Waals surface area contributed by atoms with Crippen molar-refractivity contribution in [2.75, 3.05) is 6.54 Å². The maximum atomic E-state index is 11.6. The van der Waals surface area contributed by atoms with Gasteiger partial charge in [0.1, 0.15) is 6.61 Å². The second-order valence-corrected chi connectivity index (χ2v) is 5.52. The Morgan fingerprint density at radius 2 is 2.00 bits per heavy atom. The molecule has 0 aliphatic carbocycles. The lowest BCUT2D eigenvalue weighted by Crippen LogP contribution is -2.24. The van der Waals surface area contributed by atoms with Gasteiger partial charge in [-0.2, -0.15) is 0 Å². The molecule has 0 bridgehead atoms. The zero-order valence-corrected chi connectivity index (χ0v) is 13.9. The van der Waals surface area contributed by atoms with Gasteiger partial charge in [-0.1, -0.05) is 60.7 Å². The lowest BCUT2D eigenvalue weighted by atomic mass is 10.1. The van der Waals surface area contributed by atoms with E-state index >= 15 is 0 Å². The van der Waals surface area contributed by atoms with Gasteiger partial charge in [0.15, 0.2) is 0 Å². The summed E-state index contributed by atoms with van der Waals surface area (Å²) in [4.78, 5) is 11.6. The van der Waals surface area contributed by atoms with Gasteiger partial charge < -0.3 is 15.2 Å². The molecule has 4 heteroatoms. The van der Waals surface area contributed by atoms with E-state index in [-0.39, 0.29) is 13.2 Å². The summed E-state index contributed by atoms with van der Waals surface area (Å²) in [5, 5.41) is 11.9. The molecule has 2 aromatic rings. The van der Waals surface area contributed by atoms with E-state index in [1.54, 1.807) is 0 Å². The number of alkyl carbamates (subject to hydrolysis) is 1.